The van der Waals surface area contributed by atoms with E-state index in [0.29, 0.717) is 17.5 Å². The molecular formula is C23H25N3O2. The fourth-order valence-electron chi connectivity index (χ4n) is 2.83. The van der Waals surface area contributed by atoms with E-state index in [1.165, 1.54) is 5.56 Å². The molecule has 0 saturated heterocycles. The minimum Gasteiger partial charge on any atom is -0.437 e. The number of rotatable bonds is 5. The molecule has 2 aromatic carbocycles. The normalized spacial score (nSPS) is 10.6. The number of carbonyl (C=O) groups excluding carboxylic acids is 1. The summed E-state index contributed by atoms with van der Waals surface area (Å²) >= 11 is 0. The number of aromatic nitrogens is 1. The van der Waals surface area contributed by atoms with Gasteiger partial charge in [-0.25, -0.2) is 9.78 Å². The van der Waals surface area contributed by atoms with Crippen molar-refractivity contribution < 1.29 is 9.53 Å². The van der Waals surface area contributed by atoms with Crippen molar-refractivity contribution in [1.29, 1.82) is 0 Å². The number of amides is 2. The summed E-state index contributed by atoms with van der Waals surface area (Å²) in [6.45, 7) is 8.26. The first-order valence-corrected chi connectivity index (χ1v) is 9.31. The van der Waals surface area contributed by atoms with E-state index in [1.807, 2.05) is 56.3 Å². The van der Waals surface area contributed by atoms with Gasteiger partial charge < -0.3 is 15.4 Å². The summed E-state index contributed by atoms with van der Waals surface area (Å²) in [7, 11) is 0. The van der Waals surface area contributed by atoms with Crippen LogP contribution in [0, 0.1) is 13.8 Å². The van der Waals surface area contributed by atoms with Crippen molar-refractivity contribution in [3.05, 3.63) is 77.5 Å². The molecular weight excluding hydrogens is 350 g/mol. The molecule has 3 aromatic rings. The third kappa shape index (κ3) is 4.68. The number of pyridine rings is 1. The fourth-order valence-corrected chi connectivity index (χ4v) is 2.83. The molecule has 0 aliphatic rings. The fraction of sp³-hybridized carbons (Fsp3) is 0.217. The number of anilines is 2. The van der Waals surface area contributed by atoms with Crippen LogP contribution in [0.2, 0.25) is 0 Å². The van der Waals surface area contributed by atoms with Crippen LogP contribution in [-0.2, 0) is 0 Å². The van der Waals surface area contributed by atoms with Gasteiger partial charge >= 0.3 is 6.03 Å². The van der Waals surface area contributed by atoms with Crippen molar-refractivity contribution >= 4 is 17.4 Å². The van der Waals surface area contributed by atoms with E-state index in [0.717, 1.165) is 22.6 Å². The number of aryl methyl sites for hydroxylation is 2. The van der Waals surface area contributed by atoms with Crippen molar-refractivity contribution in [2.24, 2.45) is 0 Å². The second-order valence-electron chi connectivity index (χ2n) is 7.03. The summed E-state index contributed by atoms with van der Waals surface area (Å²) < 4.78 is 6.03. The van der Waals surface area contributed by atoms with Crippen LogP contribution >= 0.6 is 0 Å². The highest BCUT2D eigenvalue weighted by Gasteiger charge is 2.13. The molecule has 5 heteroatoms. The second-order valence-corrected chi connectivity index (χ2v) is 7.03. The predicted molar refractivity (Wildman–Crippen MR) is 113 cm³/mol. The molecule has 1 heterocycles. The van der Waals surface area contributed by atoms with Crippen molar-refractivity contribution in [1.82, 2.24) is 4.98 Å². The lowest BCUT2D eigenvalue weighted by atomic mass is 10.0. The first-order valence-electron chi connectivity index (χ1n) is 9.31. The molecule has 0 unspecified atom stereocenters. The van der Waals surface area contributed by atoms with Gasteiger partial charge in [-0.2, -0.15) is 0 Å². The number of benzene rings is 2. The number of hydrogen-bond acceptors (Lipinski definition) is 3. The molecule has 0 bridgehead atoms. The Morgan fingerprint density at radius 1 is 0.964 bits per heavy atom. The van der Waals surface area contributed by atoms with Crippen molar-refractivity contribution in [2.75, 3.05) is 10.6 Å². The maximum Gasteiger partial charge on any atom is 0.323 e. The van der Waals surface area contributed by atoms with Gasteiger partial charge in [-0.05, 0) is 66.8 Å². The van der Waals surface area contributed by atoms with Gasteiger partial charge in [-0.3, -0.25) is 0 Å². The molecule has 144 valence electrons. The molecule has 0 fully saturated rings. The zero-order valence-electron chi connectivity index (χ0n) is 16.6. The van der Waals surface area contributed by atoms with Crippen molar-refractivity contribution in [2.45, 2.75) is 33.6 Å². The summed E-state index contributed by atoms with van der Waals surface area (Å²) in [5.41, 5.74) is 4.62. The Balaban J connectivity index is 1.77. The highest BCUT2D eigenvalue weighted by Crippen LogP contribution is 2.32. The van der Waals surface area contributed by atoms with Crippen LogP contribution in [-0.4, -0.2) is 11.0 Å². The molecule has 0 aliphatic carbocycles. The number of carbonyl (C=O) groups is 1. The maximum atomic E-state index is 12.5. The highest BCUT2D eigenvalue weighted by atomic mass is 16.5. The number of hydrogen-bond donors (Lipinski definition) is 2. The minimum absolute atomic E-state index is 0.310. The smallest absolute Gasteiger partial charge is 0.323 e. The SMILES string of the molecule is Cc1ccc(NC(=O)Nc2cccnc2Oc2ccccc2C(C)C)cc1C. The van der Waals surface area contributed by atoms with Crippen LogP contribution in [0.3, 0.4) is 0 Å². The van der Waals surface area contributed by atoms with E-state index in [1.54, 1.807) is 18.3 Å². The average Bonchev–Trinajstić information content (AvgIpc) is 2.66. The Morgan fingerprint density at radius 2 is 1.75 bits per heavy atom. The largest absolute Gasteiger partial charge is 0.437 e. The minimum atomic E-state index is -0.349. The molecule has 3 rings (SSSR count). The maximum absolute atomic E-state index is 12.5. The molecule has 5 nitrogen and oxygen atoms in total. The van der Waals surface area contributed by atoms with Gasteiger partial charge in [-0.1, -0.05) is 38.1 Å². The van der Waals surface area contributed by atoms with Crippen LogP contribution in [0.25, 0.3) is 0 Å². The summed E-state index contributed by atoms with van der Waals surface area (Å²) in [6, 6.07) is 16.8. The van der Waals surface area contributed by atoms with Gasteiger partial charge in [0, 0.05) is 11.9 Å². The van der Waals surface area contributed by atoms with E-state index in [4.69, 9.17) is 4.74 Å². The molecule has 2 amide bonds. The molecule has 28 heavy (non-hydrogen) atoms. The molecule has 1 aromatic heterocycles. The highest BCUT2D eigenvalue weighted by molar-refractivity contribution is 6.00. The Kier molecular flexibility index (Phi) is 5.94. The first-order chi connectivity index (χ1) is 13.4. The van der Waals surface area contributed by atoms with Gasteiger partial charge in [0.05, 0.1) is 0 Å². The van der Waals surface area contributed by atoms with Crippen molar-refractivity contribution in [3.8, 4) is 11.6 Å². The van der Waals surface area contributed by atoms with Crippen LogP contribution in [0.5, 0.6) is 11.6 Å². The van der Waals surface area contributed by atoms with E-state index >= 15 is 0 Å². The summed E-state index contributed by atoms with van der Waals surface area (Å²) in [4.78, 5) is 16.7. The van der Waals surface area contributed by atoms with E-state index in [9.17, 15) is 4.79 Å². The van der Waals surface area contributed by atoms with Crippen LogP contribution < -0.4 is 15.4 Å². The van der Waals surface area contributed by atoms with Gasteiger partial charge in [0.1, 0.15) is 11.4 Å². The predicted octanol–water partition coefficient (Wildman–Crippen LogP) is 6.26. The number of urea groups is 1. The average molecular weight is 375 g/mol. The van der Waals surface area contributed by atoms with Gasteiger partial charge in [0.25, 0.3) is 0 Å². The van der Waals surface area contributed by atoms with E-state index in [-0.39, 0.29) is 6.03 Å². The monoisotopic (exact) mass is 375 g/mol. The third-order valence-corrected chi connectivity index (χ3v) is 4.53. The Morgan fingerprint density at radius 3 is 2.50 bits per heavy atom. The van der Waals surface area contributed by atoms with Crippen LogP contribution in [0.4, 0.5) is 16.2 Å². The molecule has 2 N–H and O–H groups in total. The molecule has 0 spiro atoms. The second kappa shape index (κ2) is 8.57. The van der Waals surface area contributed by atoms with Gasteiger partial charge in [0.2, 0.25) is 5.88 Å². The first kappa shape index (κ1) is 19.4. The summed E-state index contributed by atoms with van der Waals surface area (Å²) in [5, 5.41) is 5.67. The van der Waals surface area contributed by atoms with Gasteiger partial charge in [-0.15, -0.1) is 0 Å². The zero-order valence-corrected chi connectivity index (χ0v) is 16.6. The molecule has 0 radical (unpaired) electrons. The number of ether oxygens (including phenoxy) is 1. The number of nitrogens with zero attached hydrogens (tertiary/aromatic N) is 1. The Bertz CT molecular complexity index is 983. The molecule has 0 atom stereocenters. The van der Waals surface area contributed by atoms with Crippen LogP contribution in [0.15, 0.2) is 60.8 Å². The van der Waals surface area contributed by atoms with Crippen molar-refractivity contribution in [3.63, 3.8) is 0 Å². The van der Waals surface area contributed by atoms with Crippen LogP contribution in [0.1, 0.15) is 36.5 Å². The molecule has 0 aliphatic heterocycles. The zero-order chi connectivity index (χ0) is 20.1. The lowest BCUT2D eigenvalue weighted by Crippen LogP contribution is -2.20. The van der Waals surface area contributed by atoms with E-state index < -0.39 is 0 Å². The summed E-state index contributed by atoms with van der Waals surface area (Å²) in [6.07, 6.45) is 1.64. The topological polar surface area (TPSA) is 63.2 Å². The quantitative estimate of drug-likeness (QED) is 0.553. The summed E-state index contributed by atoms with van der Waals surface area (Å²) in [5.74, 6) is 1.39. The Labute approximate surface area is 165 Å². The molecule has 0 saturated carbocycles. The third-order valence-electron chi connectivity index (χ3n) is 4.53. The van der Waals surface area contributed by atoms with Gasteiger partial charge in [0.15, 0.2) is 0 Å². The number of para-hydroxylation sites is 1. The number of nitrogens with one attached hydrogen (secondary N) is 2. The lowest BCUT2D eigenvalue weighted by Gasteiger charge is -2.15. The standard InChI is InChI=1S/C23H25N3O2/c1-15(2)19-8-5-6-10-21(19)28-22-20(9-7-13-24-22)26-23(27)25-18-12-11-16(3)17(4)14-18/h5-15H,1-4H3,(H2,25,26,27). The lowest BCUT2D eigenvalue weighted by molar-refractivity contribution is 0.262. The van der Waals surface area contributed by atoms with E-state index in [2.05, 4.69) is 29.5 Å². The Hall–Kier alpha value is -3.34.